The molecule has 0 saturated carbocycles. The second kappa shape index (κ2) is 11.8. The van der Waals surface area contributed by atoms with Crippen LogP contribution in [0.25, 0.3) is 0 Å². The molecular formula is C25H29ClN6O3. The number of aliphatic hydroxyl groups excluding tert-OH is 1. The van der Waals surface area contributed by atoms with Crippen LogP contribution in [0.15, 0.2) is 48.8 Å². The van der Waals surface area contributed by atoms with Crippen molar-refractivity contribution in [2.45, 2.75) is 38.4 Å². The summed E-state index contributed by atoms with van der Waals surface area (Å²) in [6.45, 7) is 1.46. The van der Waals surface area contributed by atoms with Crippen molar-refractivity contribution in [2.75, 3.05) is 30.5 Å². The van der Waals surface area contributed by atoms with Crippen LogP contribution < -0.4 is 20.3 Å². The van der Waals surface area contributed by atoms with Gasteiger partial charge in [-0.1, -0.05) is 23.7 Å². The van der Waals surface area contributed by atoms with Gasteiger partial charge in [0, 0.05) is 25.5 Å². The smallest absolute Gasteiger partial charge is 0.256 e. The van der Waals surface area contributed by atoms with Crippen molar-refractivity contribution in [3.63, 3.8) is 0 Å². The van der Waals surface area contributed by atoms with E-state index < -0.39 is 0 Å². The fraction of sp³-hybridized carbons (Fsp3) is 0.360. The van der Waals surface area contributed by atoms with Gasteiger partial charge in [0.05, 0.1) is 37.0 Å². The van der Waals surface area contributed by atoms with Crippen molar-refractivity contribution in [1.29, 1.82) is 0 Å². The number of aromatic nitrogens is 3. The van der Waals surface area contributed by atoms with E-state index >= 15 is 0 Å². The van der Waals surface area contributed by atoms with Crippen molar-refractivity contribution in [1.82, 2.24) is 20.3 Å². The molecule has 1 atom stereocenters. The fourth-order valence-electron chi connectivity index (χ4n) is 4.04. The highest BCUT2D eigenvalue weighted by Gasteiger charge is 2.25. The number of carbonyl (C=O) groups excluding carboxylic acids is 1. The Morgan fingerprint density at radius 2 is 2.11 bits per heavy atom. The van der Waals surface area contributed by atoms with Crippen LogP contribution in [-0.2, 0) is 13.1 Å². The first kappa shape index (κ1) is 24.7. The number of benzene rings is 1. The fourth-order valence-corrected chi connectivity index (χ4v) is 4.32. The van der Waals surface area contributed by atoms with Crippen molar-refractivity contribution >= 4 is 29.3 Å². The number of pyridine rings is 1. The average molecular weight is 497 g/mol. The summed E-state index contributed by atoms with van der Waals surface area (Å²) >= 11 is 6.27. The van der Waals surface area contributed by atoms with Crippen LogP contribution in [0, 0.1) is 0 Å². The molecule has 4 rings (SSSR count). The highest BCUT2D eigenvalue weighted by atomic mass is 35.5. The van der Waals surface area contributed by atoms with Crippen LogP contribution in [0.5, 0.6) is 5.75 Å². The predicted molar refractivity (Wildman–Crippen MR) is 135 cm³/mol. The Morgan fingerprint density at radius 1 is 1.23 bits per heavy atom. The van der Waals surface area contributed by atoms with Crippen LogP contribution in [0.2, 0.25) is 5.02 Å². The molecular weight excluding hydrogens is 468 g/mol. The van der Waals surface area contributed by atoms with Crippen molar-refractivity contribution in [3.05, 3.63) is 70.6 Å². The average Bonchev–Trinajstić information content (AvgIpc) is 2.91. The molecule has 3 heterocycles. The van der Waals surface area contributed by atoms with E-state index in [1.807, 2.05) is 35.2 Å². The second-order valence-corrected chi connectivity index (χ2v) is 8.69. The van der Waals surface area contributed by atoms with E-state index in [0.29, 0.717) is 34.6 Å². The van der Waals surface area contributed by atoms with E-state index in [4.69, 9.17) is 21.3 Å². The molecule has 0 aliphatic carbocycles. The lowest BCUT2D eigenvalue weighted by atomic mass is 10.0. The summed E-state index contributed by atoms with van der Waals surface area (Å²) in [5.74, 6) is 1.17. The lowest BCUT2D eigenvalue weighted by Crippen LogP contribution is -2.43. The van der Waals surface area contributed by atoms with Crippen LogP contribution in [0.1, 0.15) is 40.9 Å². The number of carbonyl (C=O) groups is 1. The van der Waals surface area contributed by atoms with E-state index in [-0.39, 0.29) is 25.1 Å². The zero-order valence-corrected chi connectivity index (χ0v) is 20.3. The third-order valence-electron chi connectivity index (χ3n) is 5.95. The molecule has 10 heteroatoms. The van der Waals surface area contributed by atoms with Crippen LogP contribution in [0.4, 0.5) is 11.8 Å². The standard InChI is InChI=1S/C25H29ClN6O3/c1-35-22-9-8-17(12-21(22)26)13-28-23-20(24(34)29-14-18-6-2-4-10-27-18)15-30-25(31-23)32-11-5-3-7-19(32)16-33/h2,4,6,8-10,12,15,19,33H,3,5,7,11,13-14,16H2,1H3,(H,29,34)(H,28,30,31)/t19-/m0/s1. The lowest BCUT2D eigenvalue weighted by Gasteiger charge is -2.34. The van der Waals surface area contributed by atoms with E-state index in [0.717, 1.165) is 37.1 Å². The third kappa shape index (κ3) is 6.17. The largest absolute Gasteiger partial charge is 0.495 e. The number of nitrogens with one attached hydrogen (secondary N) is 2. The van der Waals surface area contributed by atoms with E-state index in [1.165, 1.54) is 6.20 Å². The number of amides is 1. The summed E-state index contributed by atoms with van der Waals surface area (Å²) < 4.78 is 5.22. The zero-order valence-electron chi connectivity index (χ0n) is 19.6. The first-order valence-corrected chi connectivity index (χ1v) is 12.0. The summed E-state index contributed by atoms with van der Waals surface area (Å²) in [5.41, 5.74) is 1.98. The Hall–Kier alpha value is -3.43. The van der Waals surface area contributed by atoms with Gasteiger partial charge in [-0.2, -0.15) is 4.98 Å². The molecule has 1 aliphatic rings. The predicted octanol–water partition coefficient (Wildman–Crippen LogP) is 3.43. The molecule has 184 valence electrons. The Bertz CT molecular complexity index is 1150. The van der Waals surface area contributed by atoms with Gasteiger partial charge >= 0.3 is 0 Å². The Labute approximate surface area is 209 Å². The molecule has 35 heavy (non-hydrogen) atoms. The summed E-state index contributed by atoms with van der Waals surface area (Å²) in [6, 6.07) is 11.0. The normalized spacial score (nSPS) is 15.5. The van der Waals surface area contributed by atoms with Gasteiger partial charge in [0.15, 0.2) is 0 Å². The number of rotatable bonds is 9. The SMILES string of the molecule is COc1ccc(CNc2nc(N3CCCC[C@H]3CO)ncc2C(=O)NCc2ccccn2)cc1Cl. The molecule has 2 aromatic heterocycles. The molecule has 1 fully saturated rings. The molecule has 1 aliphatic heterocycles. The summed E-state index contributed by atoms with van der Waals surface area (Å²) in [6.07, 6.45) is 6.14. The lowest BCUT2D eigenvalue weighted by molar-refractivity contribution is 0.0950. The molecule has 3 aromatic rings. The number of ether oxygens (including phenoxy) is 1. The highest BCUT2D eigenvalue weighted by Crippen LogP contribution is 2.27. The topological polar surface area (TPSA) is 113 Å². The Kier molecular flexibility index (Phi) is 8.33. The van der Waals surface area contributed by atoms with Crippen LogP contribution >= 0.6 is 11.6 Å². The quantitative estimate of drug-likeness (QED) is 0.413. The summed E-state index contributed by atoms with van der Waals surface area (Å²) in [7, 11) is 1.57. The van der Waals surface area contributed by atoms with E-state index in [1.54, 1.807) is 19.4 Å². The molecule has 3 N–H and O–H groups in total. The minimum atomic E-state index is -0.310. The van der Waals surface area contributed by atoms with E-state index in [9.17, 15) is 9.90 Å². The molecule has 9 nitrogen and oxygen atoms in total. The van der Waals surface area contributed by atoms with Crippen molar-refractivity contribution in [3.8, 4) is 5.75 Å². The Balaban J connectivity index is 1.57. The maximum atomic E-state index is 13.0. The monoisotopic (exact) mass is 496 g/mol. The molecule has 0 unspecified atom stereocenters. The van der Waals surface area contributed by atoms with Crippen LogP contribution in [0.3, 0.4) is 0 Å². The second-order valence-electron chi connectivity index (χ2n) is 8.28. The molecule has 1 saturated heterocycles. The number of anilines is 2. The highest BCUT2D eigenvalue weighted by molar-refractivity contribution is 6.32. The minimum Gasteiger partial charge on any atom is -0.495 e. The van der Waals surface area contributed by atoms with Gasteiger partial charge in [-0.25, -0.2) is 4.98 Å². The van der Waals surface area contributed by atoms with Gasteiger partial charge < -0.3 is 25.4 Å². The van der Waals surface area contributed by atoms with Gasteiger partial charge in [0.2, 0.25) is 5.95 Å². The maximum absolute atomic E-state index is 13.0. The molecule has 1 amide bonds. The maximum Gasteiger partial charge on any atom is 0.256 e. The Morgan fingerprint density at radius 3 is 2.86 bits per heavy atom. The van der Waals surface area contributed by atoms with Crippen LogP contribution in [-0.4, -0.2) is 52.3 Å². The zero-order chi connectivity index (χ0) is 24.6. The van der Waals surface area contributed by atoms with Crippen molar-refractivity contribution < 1.29 is 14.6 Å². The first-order valence-electron chi connectivity index (χ1n) is 11.6. The number of hydrogen-bond acceptors (Lipinski definition) is 8. The molecule has 1 aromatic carbocycles. The van der Waals surface area contributed by atoms with Gasteiger partial charge in [0.1, 0.15) is 17.1 Å². The minimum absolute atomic E-state index is 0.0305. The number of halogens is 1. The molecule has 0 bridgehead atoms. The van der Waals surface area contributed by atoms with Gasteiger partial charge in [-0.05, 0) is 49.1 Å². The molecule has 0 radical (unpaired) electrons. The van der Waals surface area contributed by atoms with Crippen molar-refractivity contribution in [2.24, 2.45) is 0 Å². The summed E-state index contributed by atoms with van der Waals surface area (Å²) in [4.78, 5) is 28.5. The number of nitrogens with zero attached hydrogens (tertiary/aromatic N) is 4. The van der Waals surface area contributed by atoms with Gasteiger partial charge in [-0.3, -0.25) is 9.78 Å². The number of piperidine rings is 1. The number of methoxy groups -OCH3 is 1. The molecule has 0 spiro atoms. The van der Waals surface area contributed by atoms with Gasteiger partial charge in [0.25, 0.3) is 5.91 Å². The number of aliphatic hydroxyl groups is 1. The third-order valence-corrected chi connectivity index (χ3v) is 6.24. The first-order chi connectivity index (χ1) is 17.1. The summed E-state index contributed by atoms with van der Waals surface area (Å²) in [5, 5.41) is 16.5. The van der Waals surface area contributed by atoms with Gasteiger partial charge in [-0.15, -0.1) is 0 Å². The van der Waals surface area contributed by atoms with E-state index in [2.05, 4.69) is 20.6 Å². The number of hydrogen-bond donors (Lipinski definition) is 3.